The number of nitrogens with two attached hydrogens (primary N) is 1. The molecule has 4 nitrogen and oxygen atoms in total. The molecule has 1 heterocycles. The standard InChI is InChI=1S/C8H9NO3/c9-8(11-12-8)6-10-7-4-2-1-3-5-7/h1-5H,6,9H2. The van der Waals surface area contributed by atoms with E-state index in [0.717, 1.165) is 5.75 Å². The van der Waals surface area contributed by atoms with Crippen LogP contribution in [0, 0.1) is 0 Å². The molecule has 1 saturated heterocycles. The van der Waals surface area contributed by atoms with Gasteiger partial charge in [0.1, 0.15) is 5.75 Å². The topological polar surface area (TPSA) is 60.3 Å². The van der Waals surface area contributed by atoms with Gasteiger partial charge in [-0.25, -0.2) is 0 Å². The highest BCUT2D eigenvalue weighted by Crippen LogP contribution is 2.23. The van der Waals surface area contributed by atoms with Crippen LogP contribution in [0.3, 0.4) is 0 Å². The first-order valence-electron chi connectivity index (χ1n) is 3.62. The second kappa shape index (κ2) is 2.75. The predicted molar refractivity (Wildman–Crippen MR) is 41.0 cm³/mol. The molecule has 0 amide bonds. The molecule has 1 aromatic carbocycles. The van der Waals surface area contributed by atoms with Crippen molar-refractivity contribution in [3.8, 4) is 5.75 Å². The summed E-state index contributed by atoms with van der Waals surface area (Å²) in [6.45, 7) is 0.205. The molecule has 1 aliphatic heterocycles. The summed E-state index contributed by atoms with van der Waals surface area (Å²) < 4.78 is 5.26. The third-order valence-electron chi connectivity index (χ3n) is 1.48. The SMILES string of the molecule is NC1(COc2ccccc2)OO1. The lowest BCUT2D eigenvalue weighted by molar-refractivity contribution is 0.0850. The quantitative estimate of drug-likeness (QED) is 0.530. The van der Waals surface area contributed by atoms with Crippen molar-refractivity contribution in [2.24, 2.45) is 5.73 Å². The van der Waals surface area contributed by atoms with Crippen molar-refractivity contribution >= 4 is 0 Å². The maximum Gasteiger partial charge on any atom is 0.318 e. The molecular formula is C8H9NO3. The van der Waals surface area contributed by atoms with Crippen LogP contribution in [-0.4, -0.2) is 12.5 Å². The Labute approximate surface area is 69.8 Å². The van der Waals surface area contributed by atoms with Gasteiger partial charge in [-0.15, -0.1) is 0 Å². The molecule has 0 saturated carbocycles. The fourth-order valence-corrected chi connectivity index (χ4v) is 0.802. The number of para-hydroxylation sites is 1. The van der Waals surface area contributed by atoms with Gasteiger partial charge in [0.25, 0.3) is 0 Å². The Morgan fingerprint density at radius 2 is 1.92 bits per heavy atom. The van der Waals surface area contributed by atoms with Gasteiger partial charge in [0.15, 0.2) is 6.61 Å². The van der Waals surface area contributed by atoms with Gasteiger partial charge in [-0.2, -0.15) is 9.78 Å². The van der Waals surface area contributed by atoms with Crippen molar-refractivity contribution in [1.29, 1.82) is 0 Å². The van der Waals surface area contributed by atoms with E-state index in [1.807, 2.05) is 30.3 Å². The van der Waals surface area contributed by atoms with E-state index in [0.29, 0.717) is 0 Å². The number of benzene rings is 1. The van der Waals surface area contributed by atoms with Crippen molar-refractivity contribution in [3.05, 3.63) is 30.3 Å². The lowest BCUT2D eigenvalue weighted by atomic mass is 10.3. The van der Waals surface area contributed by atoms with E-state index < -0.39 is 5.91 Å². The van der Waals surface area contributed by atoms with Crippen LogP contribution in [0.4, 0.5) is 0 Å². The van der Waals surface area contributed by atoms with Gasteiger partial charge in [0.05, 0.1) is 0 Å². The van der Waals surface area contributed by atoms with Crippen LogP contribution in [0.2, 0.25) is 0 Å². The summed E-state index contributed by atoms with van der Waals surface area (Å²) >= 11 is 0. The molecule has 64 valence electrons. The largest absolute Gasteiger partial charge is 0.486 e. The van der Waals surface area contributed by atoms with E-state index in [1.165, 1.54) is 0 Å². The van der Waals surface area contributed by atoms with Gasteiger partial charge in [-0.1, -0.05) is 18.2 Å². The molecule has 0 aromatic heterocycles. The molecule has 2 rings (SSSR count). The Bertz CT molecular complexity index is 258. The van der Waals surface area contributed by atoms with Crippen LogP contribution in [0.5, 0.6) is 5.75 Å². The van der Waals surface area contributed by atoms with E-state index in [1.54, 1.807) is 0 Å². The van der Waals surface area contributed by atoms with Crippen LogP contribution >= 0.6 is 0 Å². The van der Waals surface area contributed by atoms with Gasteiger partial charge in [-0.05, 0) is 12.1 Å². The third-order valence-corrected chi connectivity index (χ3v) is 1.48. The van der Waals surface area contributed by atoms with Crippen molar-refractivity contribution in [2.75, 3.05) is 6.61 Å². The smallest absolute Gasteiger partial charge is 0.318 e. The summed E-state index contributed by atoms with van der Waals surface area (Å²) in [5.41, 5.74) is 5.42. The lowest BCUT2D eigenvalue weighted by Gasteiger charge is -2.04. The van der Waals surface area contributed by atoms with Crippen molar-refractivity contribution in [1.82, 2.24) is 0 Å². The molecule has 0 spiro atoms. The average Bonchev–Trinajstić information content (AvgIpc) is 2.84. The fourth-order valence-electron chi connectivity index (χ4n) is 0.802. The summed E-state index contributed by atoms with van der Waals surface area (Å²) in [6, 6.07) is 9.35. The predicted octanol–water partition coefficient (Wildman–Crippen LogP) is 0.640. The van der Waals surface area contributed by atoms with E-state index in [9.17, 15) is 0 Å². The average molecular weight is 167 g/mol. The Hall–Kier alpha value is -1.10. The summed E-state index contributed by atoms with van der Waals surface area (Å²) in [6.07, 6.45) is 0. The first kappa shape index (κ1) is 7.54. The highest BCUT2D eigenvalue weighted by molar-refractivity contribution is 5.20. The molecule has 1 aromatic rings. The van der Waals surface area contributed by atoms with Gasteiger partial charge >= 0.3 is 5.91 Å². The number of hydrogen-bond donors (Lipinski definition) is 1. The number of hydrogen-bond acceptors (Lipinski definition) is 4. The number of ether oxygens (including phenoxy) is 1. The van der Waals surface area contributed by atoms with Crippen LogP contribution in [0.15, 0.2) is 30.3 Å². The Kier molecular flexibility index (Phi) is 1.73. The van der Waals surface area contributed by atoms with Crippen molar-refractivity contribution in [2.45, 2.75) is 5.91 Å². The zero-order valence-electron chi connectivity index (χ0n) is 6.40. The summed E-state index contributed by atoms with van der Waals surface area (Å²) in [7, 11) is 0. The van der Waals surface area contributed by atoms with Crippen LogP contribution in [0.25, 0.3) is 0 Å². The second-order valence-electron chi connectivity index (χ2n) is 2.58. The van der Waals surface area contributed by atoms with Crippen LogP contribution in [-0.2, 0) is 9.78 Å². The highest BCUT2D eigenvalue weighted by Gasteiger charge is 2.45. The van der Waals surface area contributed by atoms with Crippen molar-refractivity contribution in [3.63, 3.8) is 0 Å². The summed E-state index contributed by atoms with van der Waals surface area (Å²) in [5, 5.41) is 0. The lowest BCUT2D eigenvalue weighted by Crippen LogP contribution is -2.31. The van der Waals surface area contributed by atoms with E-state index in [4.69, 9.17) is 10.5 Å². The molecule has 2 N–H and O–H groups in total. The normalized spacial score (nSPS) is 18.8. The first-order valence-corrected chi connectivity index (χ1v) is 3.62. The maximum absolute atomic E-state index is 5.42. The minimum absolute atomic E-state index is 0.205. The molecule has 0 atom stereocenters. The molecule has 0 aliphatic carbocycles. The molecule has 0 radical (unpaired) electrons. The summed E-state index contributed by atoms with van der Waals surface area (Å²) in [5.74, 6) is -0.267. The second-order valence-corrected chi connectivity index (χ2v) is 2.58. The molecular weight excluding hydrogens is 158 g/mol. The van der Waals surface area contributed by atoms with Gasteiger partial charge < -0.3 is 4.74 Å². The van der Waals surface area contributed by atoms with Gasteiger partial charge in [0.2, 0.25) is 0 Å². The van der Waals surface area contributed by atoms with Gasteiger partial charge in [-0.3, -0.25) is 5.73 Å². The first-order chi connectivity index (χ1) is 5.79. The van der Waals surface area contributed by atoms with E-state index in [2.05, 4.69) is 9.78 Å². The molecule has 4 heteroatoms. The maximum atomic E-state index is 5.42. The monoisotopic (exact) mass is 167 g/mol. The zero-order chi connectivity index (χ0) is 8.44. The number of rotatable bonds is 3. The van der Waals surface area contributed by atoms with Crippen molar-refractivity contribution < 1.29 is 14.5 Å². The third kappa shape index (κ3) is 1.73. The molecule has 1 aliphatic rings. The summed E-state index contributed by atoms with van der Waals surface area (Å²) in [4.78, 5) is 8.94. The fraction of sp³-hybridized carbons (Fsp3) is 0.250. The van der Waals surface area contributed by atoms with Crippen LogP contribution < -0.4 is 10.5 Å². The highest BCUT2D eigenvalue weighted by atomic mass is 17.4. The molecule has 1 fully saturated rings. The minimum atomic E-state index is -1.02. The minimum Gasteiger partial charge on any atom is -0.486 e. The Morgan fingerprint density at radius 1 is 1.25 bits per heavy atom. The molecule has 12 heavy (non-hydrogen) atoms. The molecule has 0 bridgehead atoms. The molecule has 0 unspecified atom stereocenters. The van der Waals surface area contributed by atoms with Crippen LogP contribution in [0.1, 0.15) is 0 Å². The Balaban J connectivity index is 1.88. The zero-order valence-corrected chi connectivity index (χ0v) is 6.40. The van der Waals surface area contributed by atoms with E-state index in [-0.39, 0.29) is 6.61 Å². The Morgan fingerprint density at radius 3 is 2.50 bits per heavy atom. The van der Waals surface area contributed by atoms with Gasteiger partial charge in [0, 0.05) is 0 Å². The van der Waals surface area contributed by atoms with E-state index >= 15 is 0 Å².